The van der Waals surface area contributed by atoms with Crippen LogP contribution < -0.4 is 0 Å². The Kier molecular flexibility index (Phi) is 5.63. The van der Waals surface area contributed by atoms with Gasteiger partial charge in [-0.25, -0.2) is 8.42 Å². The molecule has 0 aromatic heterocycles. The van der Waals surface area contributed by atoms with Crippen LogP contribution in [-0.4, -0.2) is 25.2 Å². The predicted molar refractivity (Wildman–Crippen MR) is 69.7 cm³/mol. The summed E-state index contributed by atoms with van der Waals surface area (Å²) in [4.78, 5) is 10.8. The summed E-state index contributed by atoms with van der Waals surface area (Å²) in [6.07, 6.45) is 5.71. The molecule has 0 amide bonds. The zero-order chi connectivity index (χ0) is 12.9. The van der Waals surface area contributed by atoms with Gasteiger partial charge in [0.05, 0.1) is 11.0 Å². The minimum absolute atomic E-state index is 0.122. The molecular formula is C13H24O3S. The molecule has 0 aromatic rings. The van der Waals surface area contributed by atoms with Gasteiger partial charge in [-0.2, -0.15) is 0 Å². The van der Waals surface area contributed by atoms with Gasteiger partial charge in [0.2, 0.25) is 0 Å². The molecule has 1 aliphatic rings. The SMILES string of the molecule is CC(=O)CCCCS(=O)(=O)C1CCCC(C)C1. The molecule has 1 saturated carbocycles. The topological polar surface area (TPSA) is 51.2 Å². The van der Waals surface area contributed by atoms with Crippen molar-refractivity contribution in [2.24, 2.45) is 5.92 Å². The highest BCUT2D eigenvalue weighted by Gasteiger charge is 2.29. The van der Waals surface area contributed by atoms with Gasteiger partial charge < -0.3 is 4.79 Å². The van der Waals surface area contributed by atoms with Crippen molar-refractivity contribution in [2.45, 2.75) is 64.0 Å². The lowest BCUT2D eigenvalue weighted by atomic mass is 9.91. The fourth-order valence-electron chi connectivity index (χ4n) is 2.55. The maximum atomic E-state index is 12.1. The zero-order valence-electron chi connectivity index (χ0n) is 10.9. The van der Waals surface area contributed by atoms with Crippen molar-refractivity contribution in [2.75, 3.05) is 5.75 Å². The smallest absolute Gasteiger partial charge is 0.153 e. The highest BCUT2D eigenvalue weighted by Crippen LogP contribution is 2.29. The molecule has 0 saturated heterocycles. The minimum Gasteiger partial charge on any atom is -0.300 e. The van der Waals surface area contributed by atoms with E-state index < -0.39 is 9.84 Å². The number of hydrogen-bond acceptors (Lipinski definition) is 3. The average Bonchev–Trinajstić information content (AvgIpc) is 2.24. The highest BCUT2D eigenvalue weighted by molar-refractivity contribution is 7.92. The van der Waals surface area contributed by atoms with Crippen LogP contribution in [0.2, 0.25) is 0 Å². The van der Waals surface area contributed by atoms with Crippen LogP contribution in [-0.2, 0) is 14.6 Å². The Morgan fingerprint density at radius 1 is 1.24 bits per heavy atom. The predicted octanol–water partition coefficient (Wildman–Crippen LogP) is 2.74. The van der Waals surface area contributed by atoms with Gasteiger partial charge in [-0.3, -0.25) is 0 Å². The molecule has 1 aliphatic carbocycles. The van der Waals surface area contributed by atoms with E-state index in [0.29, 0.717) is 25.2 Å². The third-order valence-electron chi connectivity index (χ3n) is 3.60. The van der Waals surface area contributed by atoms with E-state index in [4.69, 9.17) is 0 Å². The molecule has 0 aromatic carbocycles. The Morgan fingerprint density at radius 3 is 2.53 bits per heavy atom. The van der Waals surface area contributed by atoms with E-state index >= 15 is 0 Å². The van der Waals surface area contributed by atoms with Crippen LogP contribution in [0.1, 0.15) is 58.8 Å². The molecule has 1 fully saturated rings. The van der Waals surface area contributed by atoms with E-state index in [0.717, 1.165) is 25.7 Å². The lowest BCUT2D eigenvalue weighted by molar-refractivity contribution is -0.117. The Hall–Kier alpha value is -0.380. The number of carbonyl (C=O) groups excluding carboxylic acids is 1. The molecule has 0 bridgehead atoms. The van der Waals surface area contributed by atoms with Gasteiger partial charge in [-0.05, 0) is 38.5 Å². The Bertz CT molecular complexity index is 346. The second-order valence-electron chi connectivity index (χ2n) is 5.42. The van der Waals surface area contributed by atoms with Crippen molar-refractivity contribution in [3.63, 3.8) is 0 Å². The first-order valence-corrected chi connectivity index (χ1v) is 8.34. The van der Waals surface area contributed by atoms with Crippen molar-refractivity contribution < 1.29 is 13.2 Å². The average molecular weight is 260 g/mol. The monoisotopic (exact) mass is 260 g/mol. The first-order chi connectivity index (χ1) is 7.92. The Balaban J connectivity index is 2.37. The van der Waals surface area contributed by atoms with Gasteiger partial charge in [0.25, 0.3) is 0 Å². The Morgan fingerprint density at radius 2 is 1.94 bits per heavy atom. The normalized spacial score (nSPS) is 25.8. The number of unbranched alkanes of at least 4 members (excludes halogenated alkanes) is 1. The molecule has 4 heteroatoms. The first kappa shape index (κ1) is 14.7. The van der Waals surface area contributed by atoms with Crippen LogP contribution in [0.25, 0.3) is 0 Å². The van der Waals surface area contributed by atoms with Crippen molar-refractivity contribution in [1.29, 1.82) is 0 Å². The van der Waals surface area contributed by atoms with Crippen molar-refractivity contribution in [1.82, 2.24) is 0 Å². The van der Waals surface area contributed by atoms with Gasteiger partial charge in [0.15, 0.2) is 9.84 Å². The summed E-state index contributed by atoms with van der Waals surface area (Å²) in [5, 5.41) is -0.122. The van der Waals surface area contributed by atoms with Crippen molar-refractivity contribution in [3.05, 3.63) is 0 Å². The largest absolute Gasteiger partial charge is 0.300 e. The minimum atomic E-state index is -2.93. The fourth-order valence-corrected chi connectivity index (χ4v) is 4.64. The van der Waals surface area contributed by atoms with E-state index in [1.807, 2.05) is 0 Å². The van der Waals surface area contributed by atoms with Crippen LogP contribution >= 0.6 is 0 Å². The molecule has 1 rings (SSSR count). The molecule has 0 N–H and O–H groups in total. The van der Waals surface area contributed by atoms with E-state index in [2.05, 4.69) is 6.92 Å². The van der Waals surface area contributed by atoms with E-state index in [9.17, 15) is 13.2 Å². The van der Waals surface area contributed by atoms with E-state index in [1.165, 1.54) is 0 Å². The van der Waals surface area contributed by atoms with E-state index in [1.54, 1.807) is 6.92 Å². The maximum absolute atomic E-state index is 12.1. The van der Waals surface area contributed by atoms with Crippen LogP contribution in [0.5, 0.6) is 0 Å². The second-order valence-corrected chi connectivity index (χ2v) is 7.82. The second kappa shape index (κ2) is 6.53. The molecular weight excluding hydrogens is 236 g/mol. The number of carbonyl (C=O) groups is 1. The number of rotatable bonds is 6. The maximum Gasteiger partial charge on any atom is 0.153 e. The van der Waals surface area contributed by atoms with Crippen LogP contribution in [0.3, 0.4) is 0 Å². The number of hydrogen-bond donors (Lipinski definition) is 0. The third kappa shape index (κ3) is 5.19. The summed E-state index contributed by atoms with van der Waals surface area (Å²) in [6.45, 7) is 3.69. The number of sulfone groups is 1. The summed E-state index contributed by atoms with van der Waals surface area (Å²) in [7, 11) is -2.93. The molecule has 0 heterocycles. The Labute approximate surface area is 105 Å². The fraction of sp³-hybridized carbons (Fsp3) is 0.923. The summed E-state index contributed by atoms with van der Waals surface area (Å²) in [5.74, 6) is 0.951. The summed E-state index contributed by atoms with van der Waals surface area (Å²) < 4.78 is 24.2. The van der Waals surface area contributed by atoms with Crippen molar-refractivity contribution >= 4 is 15.6 Å². The van der Waals surface area contributed by atoms with Gasteiger partial charge in [0.1, 0.15) is 5.78 Å². The summed E-state index contributed by atoms with van der Waals surface area (Å²) >= 11 is 0. The molecule has 0 aliphatic heterocycles. The third-order valence-corrected chi connectivity index (χ3v) is 5.91. The lowest BCUT2D eigenvalue weighted by Crippen LogP contribution is -2.29. The van der Waals surface area contributed by atoms with E-state index in [-0.39, 0.29) is 16.8 Å². The van der Waals surface area contributed by atoms with Gasteiger partial charge in [-0.1, -0.05) is 19.8 Å². The zero-order valence-corrected chi connectivity index (χ0v) is 11.8. The standard InChI is InChI=1S/C13H24O3S/c1-11-6-5-8-13(10-11)17(15,16)9-4-3-7-12(2)14/h11,13H,3-10H2,1-2H3. The van der Waals surface area contributed by atoms with Crippen molar-refractivity contribution in [3.8, 4) is 0 Å². The molecule has 2 atom stereocenters. The van der Waals surface area contributed by atoms with Crippen LogP contribution in [0, 0.1) is 5.92 Å². The summed E-state index contributed by atoms with van der Waals surface area (Å²) in [5.41, 5.74) is 0. The van der Waals surface area contributed by atoms with Crippen LogP contribution in [0.4, 0.5) is 0 Å². The molecule has 17 heavy (non-hydrogen) atoms. The van der Waals surface area contributed by atoms with Crippen LogP contribution in [0.15, 0.2) is 0 Å². The summed E-state index contributed by atoms with van der Waals surface area (Å²) in [6, 6.07) is 0. The number of Topliss-reactive ketones (excluding diaryl/α,β-unsaturated/α-hetero) is 1. The van der Waals surface area contributed by atoms with Gasteiger partial charge >= 0.3 is 0 Å². The molecule has 2 unspecified atom stereocenters. The first-order valence-electron chi connectivity index (χ1n) is 6.63. The van der Waals surface area contributed by atoms with Gasteiger partial charge in [0, 0.05) is 6.42 Å². The van der Waals surface area contributed by atoms with Gasteiger partial charge in [-0.15, -0.1) is 0 Å². The molecule has 3 nitrogen and oxygen atoms in total. The quantitative estimate of drug-likeness (QED) is 0.690. The molecule has 100 valence electrons. The lowest BCUT2D eigenvalue weighted by Gasteiger charge is -2.26. The highest BCUT2D eigenvalue weighted by atomic mass is 32.2. The molecule has 0 radical (unpaired) electrons. The number of ketones is 1. The molecule has 0 spiro atoms.